The van der Waals surface area contributed by atoms with E-state index in [0.29, 0.717) is 5.56 Å². The van der Waals surface area contributed by atoms with E-state index in [0.717, 1.165) is 18.2 Å². The van der Waals surface area contributed by atoms with Crippen LogP contribution in [0, 0.1) is 12.7 Å². The molecule has 0 aliphatic heterocycles. The number of sulfonamides is 1. The van der Waals surface area contributed by atoms with E-state index in [-0.39, 0.29) is 16.4 Å². The average Bonchev–Trinajstić information content (AvgIpc) is 2.80. The summed E-state index contributed by atoms with van der Waals surface area (Å²) in [6.45, 7) is 1.52. The minimum Gasteiger partial charge on any atom is -0.477 e. The molecular formula is C11H10FN3O4S. The fraction of sp³-hybridized carbons (Fsp3) is 0.0909. The number of hydrogen-bond donors (Lipinski definition) is 3. The summed E-state index contributed by atoms with van der Waals surface area (Å²) in [5.74, 6) is -2.15. The maximum atomic E-state index is 13.1. The van der Waals surface area contributed by atoms with E-state index in [1.807, 2.05) is 0 Å². The lowest BCUT2D eigenvalue weighted by molar-refractivity contribution is 0.0690. The van der Waals surface area contributed by atoms with Gasteiger partial charge < -0.3 is 5.11 Å². The Kier molecular flexibility index (Phi) is 3.45. The molecule has 20 heavy (non-hydrogen) atoms. The highest BCUT2D eigenvalue weighted by Gasteiger charge is 2.19. The van der Waals surface area contributed by atoms with Crippen LogP contribution in [0.25, 0.3) is 0 Å². The highest BCUT2D eigenvalue weighted by Crippen LogP contribution is 2.19. The maximum Gasteiger partial charge on any atom is 0.353 e. The van der Waals surface area contributed by atoms with E-state index in [1.54, 1.807) is 0 Å². The minimum atomic E-state index is -4.04. The number of rotatable bonds is 4. The molecule has 2 aromatic rings. The molecule has 0 spiro atoms. The normalized spacial score (nSPS) is 11.3. The van der Waals surface area contributed by atoms with Gasteiger partial charge in [0.05, 0.1) is 4.90 Å². The standard InChI is InChI=1S/C11H10FN3O4S/c1-6-2-3-7(12)4-9(6)20(18,19)15-10-5-8(11(16)17)13-14-10/h2-5H,1H3,(H,16,17)(H2,13,14,15). The molecule has 0 aliphatic carbocycles. The van der Waals surface area contributed by atoms with E-state index in [9.17, 15) is 17.6 Å². The predicted octanol–water partition coefficient (Wildman–Crippen LogP) is 1.36. The van der Waals surface area contributed by atoms with Crippen molar-refractivity contribution in [3.05, 3.63) is 41.3 Å². The Hall–Kier alpha value is -2.42. The topological polar surface area (TPSA) is 112 Å². The van der Waals surface area contributed by atoms with E-state index in [1.165, 1.54) is 13.0 Å². The molecule has 1 heterocycles. The second kappa shape index (κ2) is 4.93. The molecule has 9 heteroatoms. The first-order valence-electron chi connectivity index (χ1n) is 5.37. The van der Waals surface area contributed by atoms with Gasteiger partial charge in [-0.2, -0.15) is 5.10 Å². The van der Waals surface area contributed by atoms with E-state index >= 15 is 0 Å². The summed E-state index contributed by atoms with van der Waals surface area (Å²) in [6.07, 6.45) is 0. The van der Waals surface area contributed by atoms with Gasteiger partial charge in [0.15, 0.2) is 5.82 Å². The first kappa shape index (κ1) is 14.0. The summed E-state index contributed by atoms with van der Waals surface area (Å²) in [6, 6.07) is 4.37. The Balaban J connectivity index is 2.35. The Morgan fingerprint density at radius 1 is 1.40 bits per heavy atom. The number of aromatic carboxylic acids is 1. The third-order valence-corrected chi connectivity index (χ3v) is 3.98. The summed E-state index contributed by atoms with van der Waals surface area (Å²) >= 11 is 0. The van der Waals surface area contributed by atoms with Gasteiger partial charge in [-0.05, 0) is 24.6 Å². The minimum absolute atomic E-state index is 0.189. The van der Waals surface area contributed by atoms with Crippen molar-refractivity contribution < 1.29 is 22.7 Å². The van der Waals surface area contributed by atoms with Crippen LogP contribution in [0.4, 0.5) is 10.2 Å². The molecule has 0 radical (unpaired) electrons. The van der Waals surface area contributed by atoms with Crippen LogP contribution in [0.5, 0.6) is 0 Å². The van der Waals surface area contributed by atoms with Crippen molar-refractivity contribution in [3.8, 4) is 0 Å². The van der Waals surface area contributed by atoms with E-state index in [4.69, 9.17) is 5.11 Å². The molecule has 2 rings (SSSR count). The number of halogens is 1. The van der Waals surface area contributed by atoms with Crippen molar-refractivity contribution in [2.75, 3.05) is 4.72 Å². The van der Waals surface area contributed by atoms with Crippen LogP contribution < -0.4 is 4.72 Å². The number of nitrogens with zero attached hydrogens (tertiary/aromatic N) is 1. The molecule has 0 fully saturated rings. The number of aryl methyl sites for hydroxylation is 1. The first-order chi connectivity index (χ1) is 9.29. The fourth-order valence-corrected chi connectivity index (χ4v) is 2.79. The first-order valence-corrected chi connectivity index (χ1v) is 6.85. The molecule has 106 valence electrons. The summed E-state index contributed by atoms with van der Waals surface area (Å²) in [5.41, 5.74) is 0.0894. The monoisotopic (exact) mass is 299 g/mol. The van der Waals surface area contributed by atoms with Gasteiger partial charge in [-0.1, -0.05) is 6.07 Å². The number of aromatic amines is 1. The molecule has 0 atom stereocenters. The maximum absolute atomic E-state index is 13.1. The van der Waals surface area contributed by atoms with E-state index in [2.05, 4.69) is 14.9 Å². The van der Waals surface area contributed by atoms with Crippen molar-refractivity contribution in [3.63, 3.8) is 0 Å². The van der Waals surface area contributed by atoms with Gasteiger partial charge in [-0.15, -0.1) is 0 Å². The molecule has 0 amide bonds. The van der Waals surface area contributed by atoms with Crippen LogP contribution in [0.3, 0.4) is 0 Å². The molecule has 0 saturated carbocycles. The second-order valence-corrected chi connectivity index (χ2v) is 5.64. The van der Waals surface area contributed by atoms with E-state index < -0.39 is 21.8 Å². The van der Waals surface area contributed by atoms with Gasteiger partial charge in [0.25, 0.3) is 10.0 Å². The molecule has 1 aromatic carbocycles. The zero-order chi connectivity index (χ0) is 14.9. The molecule has 0 bridgehead atoms. The third kappa shape index (κ3) is 2.77. The number of H-pyrrole nitrogens is 1. The van der Waals surface area contributed by atoms with Crippen LogP contribution in [0.1, 0.15) is 16.1 Å². The molecule has 0 unspecified atom stereocenters. The molecule has 1 aromatic heterocycles. The number of hydrogen-bond acceptors (Lipinski definition) is 4. The third-order valence-electron chi connectivity index (χ3n) is 2.49. The van der Waals surface area contributed by atoms with Crippen molar-refractivity contribution in [1.29, 1.82) is 0 Å². The van der Waals surface area contributed by atoms with Gasteiger partial charge in [0, 0.05) is 6.07 Å². The van der Waals surface area contributed by atoms with Gasteiger partial charge in [-0.25, -0.2) is 17.6 Å². The lowest BCUT2D eigenvalue weighted by Crippen LogP contribution is -2.14. The van der Waals surface area contributed by atoms with Crippen LogP contribution in [-0.4, -0.2) is 29.7 Å². The lowest BCUT2D eigenvalue weighted by atomic mass is 10.2. The highest BCUT2D eigenvalue weighted by molar-refractivity contribution is 7.92. The molecular weight excluding hydrogens is 289 g/mol. The molecule has 7 nitrogen and oxygen atoms in total. The van der Waals surface area contributed by atoms with Crippen molar-refractivity contribution in [1.82, 2.24) is 10.2 Å². The number of carbonyl (C=O) groups is 1. The van der Waals surface area contributed by atoms with Gasteiger partial charge >= 0.3 is 5.97 Å². The Bertz CT molecular complexity index is 770. The fourth-order valence-electron chi connectivity index (χ4n) is 1.54. The summed E-state index contributed by atoms with van der Waals surface area (Å²) in [5, 5.41) is 14.4. The zero-order valence-corrected chi connectivity index (χ0v) is 11.0. The average molecular weight is 299 g/mol. The molecule has 3 N–H and O–H groups in total. The van der Waals surface area contributed by atoms with Crippen LogP contribution in [0.15, 0.2) is 29.2 Å². The number of benzene rings is 1. The van der Waals surface area contributed by atoms with Crippen LogP contribution in [-0.2, 0) is 10.0 Å². The number of carboxylic acids is 1. The SMILES string of the molecule is Cc1ccc(F)cc1S(=O)(=O)Nc1cc(C(=O)O)[nH]n1. The van der Waals surface area contributed by atoms with Crippen molar-refractivity contribution in [2.45, 2.75) is 11.8 Å². The number of carboxylic acid groups (broad SMARTS) is 1. The van der Waals surface area contributed by atoms with Gasteiger partial charge in [0.2, 0.25) is 0 Å². The summed E-state index contributed by atoms with van der Waals surface area (Å²) < 4.78 is 39.4. The van der Waals surface area contributed by atoms with Gasteiger partial charge in [-0.3, -0.25) is 9.82 Å². The summed E-state index contributed by atoms with van der Waals surface area (Å²) in [7, 11) is -4.04. The van der Waals surface area contributed by atoms with Crippen LogP contribution in [0.2, 0.25) is 0 Å². The Morgan fingerprint density at radius 2 is 2.10 bits per heavy atom. The molecule has 0 saturated heterocycles. The van der Waals surface area contributed by atoms with Crippen LogP contribution >= 0.6 is 0 Å². The molecule has 0 aliphatic rings. The van der Waals surface area contributed by atoms with Crippen molar-refractivity contribution >= 4 is 21.8 Å². The zero-order valence-electron chi connectivity index (χ0n) is 10.2. The van der Waals surface area contributed by atoms with Gasteiger partial charge in [0.1, 0.15) is 11.5 Å². The number of anilines is 1. The smallest absolute Gasteiger partial charge is 0.353 e. The highest BCUT2D eigenvalue weighted by atomic mass is 32.2. The number of nitrogens with one attached hydrogen (secondary N) is 2. The Labute approximate surface area is 113 Å². The lowest BCUT2D eigenvalue weighted by Gasteiger charge is -2.08. The second-order valence-electron chi connectivity index (χ2n) is 3.99. The quantitative estimate of drug-likeness (QED) is 0.789. The summed E-state index contributed by atoms with van der Waals surface area (Å²) in [4.78, 5) is 10.4. The predicted molar refractivity (Wildman–Crippen MR) is 67.5 cm³/mol. The largest absolute Gasteiger partial charge is 0.477 e. The Morgan fingerprint density at radius 3 is 2.70 bits per heavy atom. The van der Waals surface area contributed by atoms with Crippen molar-refractivity contribution in [2.24, 2.45) is 0 Å². The number of aromatic nitrogens is 2.